The van der Waals surface area contributed by atoms with Crippen LogP contribution in [0.2, 0.25) is 0 Å². The lowest BCUT2D eigenvalue weighted by Crippen LogP contribution is -2.25. The van der Waals surface area contributed by atoms with Crippen molar-refractivity contribution in [2.75, 3.05) is 6.54 Å². The molecule has 0 radical (unpaired) electrons. The maximum atomic E-state index is 9.42. The van der Waals surface area contributed by atoms with E-state index in [1.807, 2.05) is 24.3 Å². The highest BCUT2D eigenvalue weighted by Crippen LogP contribution is 2.26. The molecule has 1 N–H and O–H groups in total. The number of benzene rings is 1. The third kappa shape index (κ3) is 3.37. The molecule has 0 aliphatic carbocycles. The average Bonchev–Trinajstić information content (AvgIpc) is 3.12. The minimum absolute atomic E-state index is 0.325. The number of ether oxygens (including phenoxy) is 1. The van der Waals surface area contributed by atoms with Gasteiger partial charge in [0.05, 0.1) is 5.56 Å². The van der Waals surface area contributed by atoms with Crippen molar-refractivity contribution in [3.63, 3.8) is 0 Å². The van der Waals surface area contributed by atoms with E-state index in [1.54, 1.807) is 29.6 Å². The summed E-state index contributed by atoms with van der Waals surface area (Å²) in [6, 6.07) is 11.5. The number of aromatic nitrogens is 1. The fraction of sp³-hybridized carbons (Fsp3) is 0.278. The van der Waals surface area contributed by atoms with Gasteiger partial charge >= 0.3 is 0 Å². The zero-order chi connectivity index (χ0) is 16.9. The van der Waals surface area contributed by atoms with Gasteiger partial charge in [0.25, 0.3) is 0 Å². The van der Waals surface area contributed by atoms with Gasteiger partial charge in [0.15, 0.2) is 0 Å². The molecular weight excluding hydrogens is 304 g/mol. The minimum atomic E-state index is 0.325. The third-order valence-corrected chi connectivity index (χ3v) is 3.80. The van der Waals surface area contributed by atoms with Gasteiger partial charge in [-0.05, 0) is 35.7 Å². The van der Waals surface area contributed by atoms with Crippen molar-refractivity contribution < 1.29 is 9.94 Å². The lowest BCUT2D eigenvalue weighted by atomic mass is 10.0. The van der Waals surface area contributed by atoms with E-state index in [9.17, 15) is 5.21 Å². The van der Waals surface area contributed by atoms with E-state index in [0.717, 1.165) is 6.42 Å². The molecule has 0 unspecified atom stereocenters. The summed E-state index contributed by atoms with van der Waals surface area (Å²) in [4.78, 5) is 4.28. The van der Waals surface area contributed by atoms with Crippen molar-refractivity contribution in [2.24, 2.45) is 10.3 Å². The molecule has 0 atom stereocenters. The number of hydrogen-bond donors (Lipinski definition) is 1. The minimum Gasteiger partial charge on any atom is -0.438 e. The second kappa shape index (κ2) is 7.12. The van der Waals surface area contributed by atoms with Crippen LogP contribution in [0.1, 0.15) is 37.3 Å². The van der Waals surface area contributed by atoms with Crippen molar-refractivity contribution in [3.8, 4) is 11.6 Å². The van der Waals surface area contributed by atoms with Gasteiger partial charge in [-0.2, -0.15) is 5.10 Å². The molecule has 124 valence electrons. The fourth-order valence-corrected chi connectivity index (χ4v) is 2.47. The highest BCUT2D eigenvalue weighted by atomic mass is 16.5. The Hall–Kier alpha value is -2.89. The lowest BCUT2D eigenvalue weighted by Gasteiger charge is -2.17. The van der Waals surface area contributed by atoms with Crippen LogP contribution in [0.5, 0.6) is 11.6 Å². The molecule has 1 aromatic carbocycles. The Kier molecular flexibility index (Phi) is 4.74. The summed E-state index contributed by atoms with van der Waals surface area (Å²) in [7, 11) is 0. The molecule has 2 aromatic rings. The monoisotopic (exact) mass is 324 g/mol. The first-order valence-electron chi connectivity index (χ1n) is 7.94. The van der Waals surface area contributed by atoms with Crippen molar-refractivity contribution in [1.82, 2.24) is 9.99 Å². The van der Waals surface area contributed by atoms with Gasteiger partial charge in [-0.1, -0.05) is 31.1 Å². The zero-order valence-electron chi connectivity index (χ0n) is 13.8. The number of nitrogens with zero attached hydrogens (tertiary/aromatic N) is 4. The largest absolute Gasteiger partial charge is 0.438 e. The summed E-state index contributed by atoms with van der Waals surface area (Å²) in [5.74, 6) is 1.85. The van der Waals surface area contributed by atoms with Gasteiger partial charge in [-0.3, -0.25) is 0 Å². The van der Waals surface area contributed by atoms with E-state index >= 15 is 0 Å². The van der Waals surface area contributed by atoms with Crippen molar-refractivity contribution in [1.29, 1.82) is 0 Å². The second-order valence-electron chi connectivity index (χ2n) is 5.82. The SMILES string of the molecule is CC(C)c1ccc(Oc2ncccc2/C(=N/O)N2CCC=N2)cc1. The zero-order valence-corrected chi connectivity index (χ0v) is 13.8. The van der Waals surface area contributed by atoms with Crippen LogP contribution in [0.15, 0.2) is 52.9 Å². The standard InChI is InChI=1S/C18H20N4O2/c1-13(2)14-6-8-15(9-7-14)24-18-16(5-3-10-19-18)17(21-23)22-12-4-11-20-22/h3,5-11,13,23H,4,12H2,1-2H3/b21-17-. The van der Waals surface area contributed by atoms with Crippen LogP contribution < -0.4 is 4.74 Å². The van der Waals surface area contributed by atoms with Crippen LogP contribution >= 0.6 is 0 Å². The number of amidine groups is 1. The average molecular weight is 324 g/mol. The first-order valence-corrected chi connectivity index (χ1v) is 7.94. The van der Waals surface area contributed by atoms with E-state index in [4.69, 9.17) is 4.74 Å². The fourth-order valence-electron chi connectivity index (χ4n) is 2.47. The smallest absolute Gasteiger partial charge is 0.230 e. The van der Waals surface area contributed by atoms with Gasteiger partial charge < -0.3 is 9.94 Å². The van der Waals surface area contributed by atoms with Crippen LogP contribution in [-0.2, 0) is 0 Å². The first kappa shape index (κ1) is 16.0. The lowest BCUT2D eigenvalue weighted by molar-refractivity contribution is 0.304. The summed E-state index contributed by atoms with van der Waals surface area (Å²) in [5, 5.41) is 18.6. The molecule has 24 heavy (non-hydrogen) atoms. The number of pyridine rings is 1. The molecule has 0 spiro atoms. The molecule has 2 heterocycles. The van der Waals surface area contributed by atoms with Crippen LogP contribution in [0.25, 0.3) is 0 Å². The molecule has 0 fully saturated rings. The predicted molar refractivity (Wildman–Crippen MR) is 93.0 cm³/mol. The van der Waals surface area contributed by atoms with Crippen LogP contribution in [0, 0.1) is 0 Å². The Morgan fingerprint density at radius 2 is 2.04 bits per heavy atom. The number of hydrazone groups is 1. The van der Waals surface area contributed by atoms with Crippen LogP contribution in [-0.4, -0.2) is 33.8 Å². The molecule has 0 saturated heterocycles. The molecule has 3 rings (SSSR count). The summed E-state index contributed by atoms with van der Waals surface area (Å²) in [6.07, 6.45) is 4.24. The Labute approximate surface area is 141 Å². The van der Waals surface area contributed by atoms with E-state index in [-0.39, 0.29) is 0 Å². The molecule has 0 amide bonds. The van der Waals surface area contributed by atoms with E-state index < -0.39 is 0 Å². The first-order chi connectivity index (χ1) is 11.7. The Bertz CT molecular complexity index is 754. The Morgan fingerprint density at radius 3 is 2.67 bits per heavy atom. The van der Waals surface area contributed by atoms with Crippen molar-refractivity contribution >= 4 is 12.1 Å². The summed E-state index contributed by atoms with van der Waals surface area (Å²) >= 11 is 0. The maximum absolute atomic E-state index is 9.42. The topological polar surface area (TPSA) is 70.3 Å². The summed E-state index contributed by atoms with van der Waals surface area (Å²) in [6.45, 7) is 4.96. The van der Waals surface area contributed by atoms with Gasteiger partial charge in [0, 0.05) is 25.4 Å². The van der Waals surface area contributed by atoms with Gasteiger partial charge in [-0.15, -0.1) is 0 Å². The second-order valence-corrected chi connectivity index (χ2v) is 5.82. The van der Waals surface area contributed by atoms with Gasteiger partial charge in [-0.25, -0.2) is 9.99 Å². The third-order valence-electron chi connectivity index (χ3n) is 3.80. The van der Waals surface area contributed by atoms with Crippen LogP contribution in [0.4, 0.5) is 0 Å². The number of oxime groups is 1. The molecule has 1 aromatic heterocycles. The highest BCUT2D eigenvalue weighted by molar-refractivity contribution is 6.01. The van der Waals surface area contributed by atoms with Gasteiger partial charge in [0.1, 0.15) is 5.75 Å². The summed E-state index contributed by atoms with van der Waals surface area (Å²) < 4.78 is 5.91. The van der Waals surface area contributed by atoms with Crippen LogP contribution in [0.3, 0.4) is 0 Å². The van der Waals surface area contributed by atoms with E-state index in [0.29, 0.717) is 35.5 Å². The summed E-state index contributed by atoms with van der Waals surface area (Å²) in [5.41, 5.74) is 1.83. The molecule has 0 bridgehead atoms. The maximum Gasteiger partial charge on any atom is 0.230 e. The molecule has 0 saturated carbocycles. The Morgan fingerprint density at radius 1 is 1.25 bits per heavy atom. The van der Waals surface area contributed by atoms with Crippen molar-refractivity contribution in [3.05, 3.63) is 53.7 Å². The molecule has 6 nitrogen and oxygen atoms in total. The highest BCUT2D eigenvalue weighted by Gasteiger charge is 2.21. The van der Waals surface area contributed by atoms with E-state index in [2.05, 4.69) is 29.1 Å². The van der Waals surface area contributed by atoms with Crippen molar-refractivity contribution in [2.45, 2.75) is 26.2 Å². The van der Waals surface area contributed by atoms with E-state index in [1.165, 1.54) is 5.56 Å². The molecular formula is C18H20N4O2. The van der Waals surface area contributed by atoms with Gasteiger partial charge in [0.2, 0.25) is 11.7 Å². The quantitative estimate of drug-likeness (QED) is 0.402. The molecule has 1 aliphatic heterocycles. The number of rotatable bonds is 4. The predicted octanol–water partition coefficient (Wildman–Crippen LogP) is 3.82. The molecule has 6 heteroatoms. The molecule has 1 aliphatic rings. The Balaban J connectivity index is 1.87. The number of hydrogen-bond acceptors (Lipinski definition) is 5. The normalized spacial score (nSPS) is 14.5.